The molecule has 3 aromatic carbocycles. The van der Waals surface area contributed by atoms with E-state index in [1.807, 2.05) is 48.5 Å². The molecule has 6 nitrogen and oxygen atoms in total. The van der Waals surface area contributed by atoms with Crippen LogP contribution >= 0.6 is 22.9 Å². The van der Waals surface area contributed by atoms with Gasteiger partial charge in [0.1, 0.15) is 11.0 Å². The van der Waals surface area contributed by atoms with E-state index in [0.717, 1.165) is 20.8 Å². The molecule has 4 aromatic rings. The number of hydrogen-bond donors (Lipinski definition) is 1. The monoisotopic (exact) mass is 497 g/mol. The lowest BCUT2D eigenvalue weighted by Crippen LogP contribution is -2.43. The number of rotatable bonds is 5. The summed E-state index contributed by atoms with van der Waals surface area (Å²) in [6.45, 7) is 0.305. The van der Waals surface area contributed by atoms with Gasteiger partial charge >= 0.3 is 0 Å². The van der Waals surface area contributed by atoms with E-state index in [1.54, 1.807) is 11.3 Å². The number of amides is 1. The van der Waals surface area contributed by atoms with Crippen molar-refractivity contribution in [3.05, 3.63) is 77.8 Å². The van der Waals surface area contributed by atoms with Crippen molar-refractivity contribution >= 4 is 54.8 Å². The Morgan fingerprint density at radius 3 is 2.48 bits per heavy atom. The Kier molecular flexibility index (Phi) is 5.92. The first-order valence-electron chi connectivity index (χ1n) is 10.5. The van der Waals surface area contributed by atoms with E-state index < -0.39 is 16.1 Å². The van der Waals surface area contributed by atoms with E-state index in [-0.39, 0.29) is 10.8 Å². The number of carbonyl (C=O) groups excluding carboxylic acids is 1. The van der Waals surface area contributed by atoms with Crippen LogP contribution in [0.4, 0.5) is 5.69 Å². The fourth-order valence-corrected chi connectivity index (χ4v) is 6.70. The Bertz CT molecular complexity index is 1380. The standard InChI is InChI=1S/C24H20ClN3O3S2/c25-17-9-13-19(14-10-17)33(30,31)28-15-3-5-21(28)23(29)26-18-11-7-16(8-12-18)24-27-20-4-1-2-6-22(20)32-24/h1-2,4,6-14,21H,3,5,15H2,(H,26,29). The Labute approximate surface area is 200 Å². The summed E-state index contributed by atoms with van der Waals surface area (Å²) in [4.78, 5) is 17.8. The number of hydrogen-bond acceptors (Lipinski definition) is 5. The number of sulfonamides is 1. The quantitative estimate of drug-likeness (QED) is 0.400. The van der Waals surface area contributed by atoms with Crippen LogP contribution in [-0.2, 0) is 14.8 Å². The largest absolute Gasteiger partial charge is 0.325 e. The van der Waals surface area contributed by atoms with Gasteiger partial charge in [-0.15, -0.1) is 11.3 Å². The topological polar surface area (TPSA) is 79.4 Å². The second-order valence-electron chi connectivity index (χ2n) is 7.78. The van der Waals surface area contributed by atoms with Gasteiger partial charge in [0.05, 0.1) is 15.1 Å². The highest BCUT2D eigenvalue weighted by atomic mass is 35.5. The minimum Gasteiger partial charge on any atom is -0.325 e. The Balaban J connectivity index is 1.32. The molecule has 0 radical (unpaired) electrons. The Morgan fingerprint density at radius 1 is 1.03 bits per heavy atom. The number of aromatic nitrogens is 1. The molecule has 1 fully saturated rings. The lowest BCUT2D eigenvalue weighted by atomic mass is 10.2. The van der Waals surface area contributed by atoms with Crippen LogP contribution in [0.2, 0.25) is 5.02 Å². The van der Waals surface area contributed by atoms with Gasteiger partial charge in [0.25, 0.3) is 0 Å². The number of benzene rings is 3. The van der Waals surface area contributed by atoms with Crippen LogP contribution in [0.15, 0.2) is 77.7 Å². The summed E-state index contributed by atoms with van der Waals surface area (Å²) in [7, 11) is -3.79. The summed E-state index contributed by atoms with van der Waals surface area (Å²) in [6, 6.07) is 20.6. The van der Waals surface area contributed by atoms with Gasteiger partial charge in [0.15, 0.2) is 0 Å². The van der Waals surface area contributed by atoms with Crippen LogP contribution in [0.25, 0.3) is 20.8 Å². The highest BCUT2D eigenvalue weighted by Gasteiger charge is 2.39. The van der Waals surface area contributed by atoms with Gasteiger partial charge in [-0.2, -0.15) is 4.31 Å². The molecule has 9 heteroatoms. The van der Waals surface area contributed by atoms with Crippen molar-refractivity contribution < 1.29 is 13.2 Å². The molecule has 0 bridgehead atoms. The van der Waals surface area contributed by atoms with Crippen LogP contribution in [0.1, 0.15) is 12.8 Å². The highest BCUT2D eigenvalue weighted by Crippen LogP contribution is 2.31. The number of thiazole rings is 1. The molecule has 0 aliphatic carbocycles. The molecule has 1 N–H and O–H groups in total. The average Bonchev–Trinajstić information content (AvgIpc) is 3.48. The molecule has 1 aliphatic rings. The predicted molar refractivity (Wildman–Crippen MR) is 132 cm³/mol. The maximum atomic E-state index is 13.1. The van der Waals surface area contributed by atoms with Gasteiger partial charge in [-0.3, -0.25) is 4.79 Å². The van der Waals surface area contributed by atoms with Crippen molar-refractivity contribution in [3.63, 3.8) is 0 Å². The zero-order valence-electron chi connectivity index (χ0n) is 17.4. The number of nitrogens with one attached hydrogen (secondary N) is 1. The molecule has 5 rings (SSSR count). The summed E-state index contributed by atoms with van der Waals surface area (Å²) in [5.41, 5.74) is 2.53. The summed E-state index contributed by atoms with van der Waals surface area (Å²) in [5, 5.41) is 4.23. The Morgan fingerprint density at radius 2 is 1.76 bits per heavy atom. The number of nitrogens with zero attached hydrogens (tertiary/aromatic N) is 2. The van der Waals surface area contributed by atoms with Crippen molar-refractivity contribution in [2.75, 3.05) is 11.9 Å². The van der Waals surface area contributed by atoms with Crippen LogP contribution in [0.3, 0.4) is 0 Å². The molecule has 0 saturated carbocycles. The third-order valence-electron chi connectivity index (χ3n) is 5.62. The van der Waals surface area contributed by atoms with E-state index in [2.05, 4.69) is 10.3 Å². The highest BCUT2D eigenvalue weighted by molar-refractivity contribution is 7.89. The number of anilines is 1. The first kappa shape index (κ1) is 22.0. The van der Waals surface area contributed by atoms with Crippen molar-refractivity contribution in [2.24, 2.45) is 0 Å². The summed E-state index contributed by atoms with van der Waals surface area (Å²) >= 11 is 7.50. The maximum absolute atomic E-state index is 13.1. The summed E-state index contributed by atoms with van der Waals surface area (Å²) < 4.78 is 28.6. The molecular weight excluding hydrogens is 478 g/mol. The van der Waals surface area contributed by atoms with Crippen LogP contribution in [-0.4, -0.2) is 36.2 Å². The summed E-state index contributed by atoms with van der Waals surface area (Å²) in [5.74, 6) is -0.335. The van der Waals surface area contributed by atoms with Gasteiger partial charge in [-0.05, 0) is 73.5 Å². The minimum atomic E-state index is -3.79. The minimum absolute atomic E-state index is 0.131. The van der Waals surface area contributed by atoms with Gasteiger partial charge in [0.2, 0.25) is 15.9 Å². The first-order chi connectivity index (χ1) is 15.9. The SMILES string of the molecule is O=C(Nc1ccc(-c2nc3ccccc3s2)cc1)C1CCCN1S(=O)(=O)c1ccc(Cl)cc1. The zero-order valence-corrected chi connectivity index (χ0v) is 19.8. The van der Waals surface area contributed by atoms with E-state index >= 15 is 0 Å². The van der Waals surface area contributed by atoms with Gasteiger partial charge in [-0.25, -0.2) is 13.4 Å². The van der Waals surface area contributed by atoms with Crippen molar-refractivity contribution in [3.8, 4) is 10.6 Å². The maximum Gasteiger partial charge on any atom is 0.243 e. The van der Waals surface area contributed by atoms with Gasteiger partial charge in [0, 0.05) is 22.8 Å². The van der Waals surface area contributed by atoms with E-state index in [1.165, 1.54) is 28.6 Å². The molecular formula is C24H20ClN3O3S2. The molecule has 2 heterocycles. The van der Waals surface area contributed by atoms with E-state index in [0.29, 0.717) is 30.1 Å². The number of para-hydroxylation sites is 1. The molecule has 1 aromatic heterocycles. The summed E-state index contributed by atoms with van der Waals surface area (Å²) in [6.07, 6.45) is 1.10. The Hall–Kier alpha value is -2.78. The second kappa shape index (κ2) is 8.87. The van der Waals surface area contributed by atoms with Gasteiger partial charge in [-0.1, -0.05) is 23.7 Å². The molecule has 1 amide bonds. The lowest BCUT2D eigenvalue weighted by Gasteiger charge is -2.23. The lowest BCUT2D eigenvalue weighted by molar-refractivity contribution is -0.119. The predicted octanol–water partition coefficient (Wildman–Crippen LogP) is 5.41. The van der Waals surface area contributed by atoms with Crippen molar-refractivity contribution in [1.29, 1.82) is 0 Å². The van der Waals surface area contributed by atoms with E-state index in [4.69, 9.17) is 11.6 Å². The first-order valence-corrected chi connectivity index (χ1v) is 13.1. The fourth-order valence-electron chi connectivity index (χ4n) is 3.95. The fraction of sp³-hybridized carbons (Fsp3) is 0.167. The second-order valence-corrected chi connectivity index (χ2v) is 11.1. The van der Waals surface area contributed by atoms with Crippen LogP contribution in [0, 0.1) is 0 Å². The molecule has 168 valence electrons. The normalized spacial score (nSPS) is 16.8. The van der Waals surface area contributed by atoms with Crippen molar-refractivity contribution in [2.45, 2.75) is 23.8 Å². The average molecular weight is 498 g/mol. The molecule has 1 atom stereocenters. The zero-order chi connectivity index (χ0) is 23.0. The van der Waals surface area contributed by atoms with Crippen LogP contribution < -0.4 is 5.32 Å². The smallest absolute Gasteiger partial charge is 0.243 e. The molecule has 33 heavy (non-hydrogen) atoms. The van der Waals surface area contributed by atoms with Crippen LogP contribution in [0.5, 0.6) is 0 Å². The molecule has 1 unspecified atom stereocenters. The number of carbonyl (C=O) groups is 1. The molecule has 0 spiro atoms. The molecule has 1 saturated heterocycles. The van der Waals surface area contributed by atoms with Gasteiger partial charge < -0.3 is 5.32 Å². The van der Waals surface area contributed by atoms with Crippen molar-refractivity contribution in [1.82, 2.24) is 9.29 Å². The van der Waals surface area contributed by atoms with E-state index in [9.17, 15) is 13.2 Å². The third kappa shape index (κ3) is 4.39. The number of fused-ring (bicyclic) bond motifs is 1. The molecule has 1 aliphatic heterocycles. The number of halogens is 1. The third-order valence-corrected chi connectivity index (χ3v) is 8.88.